The van der Waals surface area contributed by atoms with E-state index < -0.39 is 0 Å². The quantitative estimate of drug-likeness (QED) is 0.299. The second kappa shape index (κ2) is 9.07. The molecule has 0 amide bonds. The minimum Gasteiger partial charge on any atom is -0.461 e. The number of aliphatic hydroxyl groups is 1. The average Bonchev–Trinajstić information content (AvgIpc) is 3.67. The van der Waals surface area contributed by atoms with Gasteiger partial charge in [-0.2, -0.15) is 0 Å². The van der Waals surface area contributed by atoms with Crippen molar-refractivity contribution in [1.29, 1.82) is 0 Å². The zero-order chi connectivity index (χ0) is 29.2. The lowest BCUT2D eigenvalue weighted by molar-refractivity contribution is -0.257. The number of carbonyl (C=O) groups is 1. The number of esters is 1. The average molecular weight is 563 g/mol. The van der Waals surface area contributed by atoms with Gasteiger partial charge >= 0.3 is 5.97 Å². The van der Waals surface area contributed by atoms with Crippen molar-refractivity contribution in [3.05, 3.63) is 35.9 Å². The van der Waals surface area contributed by atoms with E-state index in [0.29, 0.717) is 47.7 Å². The molecule has 0 radical (unpaired) electrons. The first-order valence-electron chi connectivity index (χ1n) is 16.9. The van der Waals surface area contributed by atoms with Crippen molar-refractivity contribution in [1.82, 2.24) is 0 Å². The molecule has 0 unspecified atom stereocenters. The Bertz CT molecular complexity index is 1190. The van der Waals surface area contributed by atoms with Gasteiger partial charge in [-0.1, -0.05) is 66.7 Å². The van der Waals surface area contributed by atoms with Gasteiger partial charge in [0, 0.05) is 10.8 Å². The van der Waals surface area contributed by atoms with E-state index in [1.807, 2.05) is 30.3 Å². The van der Waals surface area contributed by atoms with E-state index >= 15 is 0 Å². The maximum absolute atomic E-state index is 13.1. The molecule has 1 N–H and O–H groups in total. The normalized spacial score (nSPS) is 51.0. The molecule has 4 nitrogen and oxygen atoms in total. The molecule has 0 bridgehead atoms. The van der Waals surface area contributed by atoms with Gasteiger partial charge in [0.25, 0.3) is 0 Å². The first kappa shape index (κ1) is 28.4. The van der Waals surface area contributed by atoms with Crippen LogP contribution in [0.1, 0.15) is 110 Å². The van der Waals surface area contributed by atoms with Crippen molar-refractivity contribution in [2.45, 2.75) is 118 Å². The molecule has 0 spiro atoms. The summed E-state index contributed by atoms with van der Waals surface area (Å²) in [4.78, 5) is 13.1. The Balaban J connectivity index is 1.22. The van der Waals surface area contributed by atoms with Crippen LogP contribution in [0, 0.1) is 62.6 Å². The number of carbonyl (C=O) groups excluding carboxylic acids is 1. The highest BCUT2D eigenvalue weighted by Crippen LogP contribution is 2.78. The zero-order valence-electron chi connectivity index (χ0n) is 26.6. The van der Waals surface area contributed by atoms with Crippen molar-refractivity contribution < 1.29 is 19.4 Å². The van der Waals surface area contributed by atoms with E-state index in [2.05, 4.69) is 48.5 Å². The SMILES string of the molecule is CC(C)[C@@H]1CC[C@]2(COC(=O)c3ccccc3)CC[C@]3(C)[C@H](CC[C@@H]4[C@@]5(C)[C@@H](O)[C@H]6O[C@H]6C(C)(C)[C@@H]5CC[C@]43C)[C@@H]12. The third-order valence-electron chi connectivity index (χ3n) is 15.3. The minimum absolute atomic E-state index is 0.0255. The van der Waals surface area contributed by atoms with E-state index in [9.17, 15) is 9.90 Å². The van der Waals surface area contributed by atoms with Crippen LogP contribution in [0.25, 0.3) is 0 Å². The van der Waals surface area contributed by atoms with Gasteiger partial charge in [0.15, 0.2) is 0 Å². The van der Waals surface area contributed by atoms with E-state index in [4.69, 9.17) is 9.47 Å². The number of ether oxygens (including phenoxy) is 2. The molecule has 0 aromatic heterocycles. The largest absolute Gasteiger partial charge is 0.461 e. The number of epoxide rings is 1. The fourth-order valence-corrected chi connectivity index (χ4v) is 13.0. The van der Waals surface area contributed by atoms with Gasteiger partial charge in [0.05, 0.1) is 24.4 Å². The first-order valence-corrected chi connectivity index (χ1v) is 16.9. The topological polar surface area (TPSA) is 59.1 Å². The third-order valence-corrected chi connectivity index (χ3v) is 15.3. The van der Waals surface area contributed by atoms with Crippen LogP contribution >= 0.6 is 0 Å². The predicted molar refractivity (Wildman–Crippen MR) is 161 cm³/mol. The second-order valence-corrected chi connectivity index (χ2v) is 17.1. The third kappa shape index (κ3) is 3.62. The van der Waals surface area contributed by atoms with Gasteiger partial charge < -0.3 is 14.6 Å². The lowest BCUT2D eigenvalue weighted by Gasteiger charge is -2.72. The summed E-state index contributed by atoms with van der Waals surface area (Å²) in [5.74, 6) is 3.40. The Morgan fingerprint density at radius 3 is 2.37 bits per heavy atom. The molecule has 12 atom stereocenters. The molecule has 1 heterocycles. The van der Waals surface area contributed by atoms with Crippen LogP contribution in [0.4, 0.5) is 0 Å². The summed E-state index contributed by atoms with van der Waals surface area (Å²) in [5.41, 5.74) is 1.19. The molecule has 41 heavy (non-hydrogen) atoms. The van der Waals surface area contributed by atoms with Gasteiger partial charge in [0.1, 0.15) is 6.10 Å². The standard InChI is InChI=1S/C37H54O4/c1-22(2)24-15-18-37(21-40-32(39)23-11-9-8-10-12-23)20-19-34(5)25(28(24)37)13-14-27-35(34,6)17-16-26-33(3,4)31-29(41-31)30(38)36(26,27)7/h8-12,22,24-31,38H,13-21H2,1-7H3/t24-,25+,26-,27-,28+,29+,30-,31+,34+,35+,36-,37+/m0/s1. The molecule has 1 aromatic carbocycles. The summed E-state index contributed by atoms with van der Waals surface area (Å²) < 4.78 is 12.4. The molecule has 6 fully saturated rings. The second-order valence-electron chi connectivity index (χ2n) is 17.1. The van der Waals surface area contributed by atoms with Crippen LogP contribution in [-0.2, 0) is 9.47 Å². The number of rotatable bonds is 4. The van der Waals surface area contributed by atoms with Crippen molar-refractivity contribution >= 4 is 5.97 Å². The Morgan fingerprint density at radius 1 is 0.927 bits per heavy atom. The van der Waals surface area contributed by atoms with Crippen LogP contribution < -0.4 is 0 Å². The van der Waals surface area contributed by atoms with Gasteiger partial charge in [-0.25, -0.2) is 4.79 Å². The van der Waals surface area contributed by atoms with Crippen molar-refractivity contribution in [2.75, 3.05) is 6.61 Å². The molecule has 5 saturated carbocycles. The van der Waals surface area contributed by atoms with Gasteiger partial charge in [-0.15, -0.1) is 0 Å². The number of hydrogen-bond acceptors (Lipinski definition) is 4. The first-order chi connectivity index (χ1) is 19.3. The molecule has 5 aliphatic carbocycles. The number of fused-ring (bicyclic) bond motifs is 8. The maximum Gasteiger partial charge on any atom is 0.338 e. The molecule has 7 rings (SSSR count). The predicted octanol–water partition coefficient (Wildman–Crippen LogP) is 7.93. The Hall–Kier alpha value is -1.39. The zero-order valence-corrected chi connectivity index (χ0v) is 26.6. The van der Waals surface area contributed by atoms with Gasteiger partial charge in [-0.3, -0.25) is 0 Å². The summed E-state index contributed by atoms with van der Waals surface area (Å²) in [6, 6.07) is 9.53. The molecule has 1 saturated heterocycles. The highest BCUT2D eigenvalue weighted by atomic mass is 16.6. The number of benzene rings is 1. The lowest BCUT2D eigenvalue weighted by atomic mass is 9.32. The van der Waals surface area contributed by atoms with Crippen LogP contribution in [0.2, 0.25) is 0 Å². The fourth-order valence-electron chi connectivity index (χ4n) is 13.0. The summed E-state index contributed by atoms with van der Waals surface area (Å²) in [7, 11) is 0. The molecule has 226 valence electrons. The highest BCUT2D eigenvalue weighted by molar-refractivity contribution is 5.89. The van der Waals surface area contributed by atoms with E-state index in [0.717, 1.165) is 6.42 Å². The molecular weight excluding hydrogens is 508 g/mol. The lowest BCUT2D eigenvalue weighted by Crippen LogP contribution is -2.69. The van der Waals surface area contributed by atoms with Gasteiger partial charge in [0.2, 0.25) is 0 Å². The minimum atomic E-state index is -0.356. The summed E-state index contributed by atoms with van der Waals surface area (Å²) in [6.45, 7) is 18.0. The summed E-state index contributed by atoms with van der Waals surface area (Å²) in [6.07, 6.45) is 9.59. The number of hydrogen-bond donors (Lipinski definition) is 1. The van der Waals surface area contributed by atoms with Crippen LogP contribution in [-0.4, -0.2) is 36.0 Å². The molecule has 6 aliphatic rings. The maximum atomic E-state index is 13.1. The van der Waals surface area contributed by atoms with Gasteiger partial charge in [-0.05, 0) is 115 Å². The van der Waals surface area contributed by atoms with Crippen molar-refractivity contribution in [3.63, 3.8) is 0 Å². The fraction of sp³-hybridized carbons (Fsp3) is 0.811. The van der Waals surface area contributed by atoms with Crippen molar-refractivity contribution in [2.24, 2.45) is 62.6 Å². The smallest absolute Gasteiger partial charge is 0.338 e. The van der Waals surface area contributed by atoms with E-state index in [-0.39, 0.29) is 51.4 Å². The summed E-state index contributed by atoms with van der Waals surface area (Å²) in [5, 5.41) is 11.9. The highest BCUT2D eigenvalue weighted by Gasteiger charge is 2.76. The Kier molecular flexibility index (Phi) is 6.28. The van der Waals surface area contributed by atoms with Crippen molar-refractivity contribution in [3.8, 4) is 0 Å². The molecule has 1 aromatic rings. The Labute approximate surface area is 248 Å². The summed E-state index contributed by atoms with van der Waals surface area (Å²) >= 11 is 0. The number of aliphatic hydroxyl groups excluding tert-OH is 1. The monoisotopic (exact) mass is 562 g/mol. The van der Waals surface area contributed by atoms with Crippen LogP contribution in [0.3, 0.4) is 0 Å². The van der Waals surface area contributed by atoms with E-state index in [1.54, 1.807) is 0 Å². The molecular formula is C37H54O4. The van der Waals surface area contributed by atoms with Crippen LogP contribution in [0.15, 0.2) is 30.3 Å². The molecule has 1 aliphatic heterocycles. The van der Waals surface area contributed by atoms with Crippen LogP contribution in [0.5, 0.6) is 0 Å². The molecule has 4 heteroatoms. The van der Waals surface area contributed by atoms with E-state index in [1.165, 1.54) is 44.9 Å². The Morgan fingerprint density at radius 2 is 1.66 bits per heavy atom.